The van der Waals surface area contributed by atoms with Crippen molar-refractivity contribution < 1.29 is 0 Å². The highest BCUT2D eigenvalue weighted by Gasteiger charge is 2.19. The van der Waals surface area contributed by atoms with Gasteiger partial charge in [0.05, 0.1) is 0 Å². The van der Waals surface area contributed by atoms with Crippen molar-refractivity contribution in [2.45, 2.75) is 19.4 Å². The molecule has 2 N–H and O–H groups in total. The van der Waals surface area contributed by atoms with E-state index in [4.69, 9.17) is 5.73 Å². The second-order valence-corrected chi connectivity index (χ2v) is 6.03. The van der Waals surface area contributed by atoms with E-state index in [1.54, 1.807) is 0 Å². The number of rotatable bonds is 3. The van der Waals surface area contributed by atoms with E-state index in [1.807, 2.05) is 11.3 Å². The van der Waals surface area contributed by atoms with Crippen LogP contribution in [0, 0.1) is 5.92 Å². The molecule has 0 aliphatic carbocycles. The molecule has 1 aromatic rings. The Labute approximate surface area is 104 Å². The summed E-state index contributed by atoms with van der Waals surface area (Å²) in [6, 6.07) is 2.13. The van der Waals surface area contributed by atoms with Gasteiger partial charge < -0.3 is 5.73 Å². The quantitative estimate of drug-likeness (QED) is 0.927. The number of hydrogen-bond donors (Lipinski definition) is 1. The molecule has 1 atom stereocenters. The lowest BCUT2D eigenvalue weighted by Gasteiger charge is -2.31. The third-order valence-corrected chi connectivity index (χ3v) is 4.91. The summed E-state index contributed by atoms with van der Waals surface area (Å²) in [5.41, 5.74) is 5.74. The SMILES string of the molecule is NCC1CCCN(Cc2sccc2Br)C1. The molecule has 0 spiro atoms. The summed E-state index contributed by atoms with van der Waals surface area (Å²) in [5.74, 6) is 0.706. The molecule has 4 heteroatoms. The molecular formula is C11H17BrN2S. The maximum atomic E-state index is 5.74. The summed E-state index contributed by atoms with van der Waals surface area (Å²) < 4.78 is 1.25. The summed E-state index contributed by atoms with van der Waals surface area (Å²) >= 11 is 5.42. The molecule has 15 heavy (non-hydrogen) atoms. The van der Waals surface area contributed by atoms with Gasteiger partial charge in [0, 0.05) is 22.4 Å². The van der Waals surface area contributed by atoms with Crippen molar-refractivity contribution in [2.75, 3.05) is 19.6 Å². The van der Waals surface area contributed by atoms with Crippen LogP contribution in [0.2, 0.25) is 0 Å². The van der Waals surface area contributed by atoms with Crippen molar-refractivity contribution in [3.05, 3.63) is 20.8 Å². The summed E-state index contributed by atoms with van der Waals surface area (Å²) in [6.07, 6.45) is 2.60. The third kappa shape index (κ3) is 3.03. The summed E-state index contributed by atoms with van der Waals surface area (Å²) in [6.45, 7) is 4.30. The van der Waals surface area contributed by atoms with Crippen LogP contribution in [0.1, 0.15) is 17.7 Å². The minimum atomic E-state index is 0.706. The number of nitrogens with two attached hydrogens (primary N) is 1. The Morgan fingerprint density at radius 3 is 3.13 bits per heavy atom. The standard InChI is InChI=1S/C11H17BrN2S/c12-10-3-5-15-11(10)8-14-4-1-2-9(6-13)7-14/h3,5,9H,1-2,4,6-8,13H2. The van der Waals surface area contributed by atoms with Gasteiger partial charge in [-0.25, -0.2) is 0 Å². The van der Waals surface area contributed by atoms with E-state index in [1.165, 1.54) is 35.3 Å². The molecule has 1 aromatic heterocycles. The first kappa shape index (κ1) is 11.6. The van der Waals surface area contributed by atoms with Gasteiger partial charge in [-0.2, -0.15) is 0 Å². The Hall–Kier alpha value is 0.100. The van der Waals surface area contributed by atoms with Crippen LogP contribution in [0.4, 0.5) is 0 Å². The predicted octanol–water partition coefficient (Wildman–Crippen LogP) is 2.68. The molecule has 0 bridgehead atoms. The fraction of sp³-hybridized carbons (Fsp3) is 0.636. The zero-order valence-electron chi connectivity index (χ0n) is 8.79. The van der Waals surface area contributed by atoms with Crippen LogP contribution in [0.3, 0.4) is 0 Å². The molecule has 84 valence electrons. The van der Waals surface area contributed by atoms with Crippen molar-refractivity contribution in [1.29, 1.82) is 0 Å². The van der Waals surface area contributed by atoms with Crippen LogP contribution in [0.25, 0.3) is 0 Å². The molecule has 1 unspecified atom stereocenters. The fourth-order valence-corrected chi connectivity index (χ4v) is 3.65. The first-order valence-electron chi connectivity index (χ1n) is 5.44. The molecule has 1 fully saturated rings. The summed E-state index contributed by atoms with van der Waals surface area (Å²) in [4.78, 5) is 3.96. The topological polar surface area (TPSA) is 29.3 Å². The molecule has 0 radical (unpaired) electrons. The van der Waals surface area contributed by atoms with Crippen molar-refractivity contribution >= 4 is 27.3 Å². The molecule has 1 aliphatic heterocycles. The number of likely N-dealkylation sites (tertiary alicyclic amines) is 1. The monoisotopic (exact) mass is 288 g/mol. The largest absolute Gasteiger partial charge is 0.330 e. The number of hydrogen-bond acceptors (Lipinski definition) is 3. The van der Waals surface area contributed by atoms with Crippen LogP contribution in [-0.4, -0.2) is 24.5 Å². The minimum absolute atomic E-state index is 0.706. The van der Waals surface area contributed by atoms with E-state index in [-0.39, 0.29) is 0 Å². The van der Waals surface area contributed by atoms with Gasteiger partial charge in [-0.1, -0.05) is 0 Å². The fourth-order valence-electron chi connectivity index (χ4n) is 2.13. The molecule has 0 aromatic carbocycles. The van der Waals surface area contributed by atoms with E-state index in [9.17, 15) is 0 Å². The molecule has 2 rings (SSSR count). The summed E-state index contributed by atoms with van der Waals surface area (Å²) in [5, 5.41) is 2.14. The highest BCUT2D eigenvalue weighted by atomic mass is 79.9. The maximum absolute atomic E-state index is 5.74. The molecule has 0 saturated carbocycles. The van der Waals surface area contributed by atoms with Gasteiger partial charge in [0.15, 0.2) is 0 Å². The van der Waals surface area contributed by atoms with Crippen LogP contribution in [0.15, 0.2) is 15.9 Å². The molecule has 1 aliphatic rings. The second-order valence-electron chi connectivity index (χ2n) is 4.17. The van der Waals surface area contributed by atoms with Crippen LogP contribution in [0.5, 0.6) is 0 Å². The number of halogens is 1. The Balaban J connectivity index is 1.92. The lowest BCUT2D eigenvalue weighted by Crippen LogP contribution is -2.37. The normalized spacial score (nSPS) is 23.2. The Morgan fingerprint density at radius 2 is 2.47 bits per heavy atom. The highest BCUT2D eigenvalue weighted by molar-refractivity contribution is 9.10. The third-order valence-electron chi connectivity index (χ3n) is 2.99. The van der Waals surface area contributed by atoms with E-state index < -0.39 is 0 Å². The molecule has 2 heterocycles. The van der Waals surface area contributed by atoms with E-state index in [2.05, 4.69) is 32.3 Å². The van der Waals surface area contributed by atoms with Gasteiger partial charge >= 0.3 is 0 Å². The van der Waals surface area contributed by atoms with Gasteiger partial charge in [0.2, 0.25) is 0 Å². The average molecular weight is 289 g/mol. The lowest BCUT2D eigenvalue weighted by atomic mass is 9.98. The van der Waals surface area contributed by atoms with Crippen molar-refractivity contribution in [1.82, 2.24) is 4.90 Å². The first-order chi connectivity index (χ1) is 7.29. The Kier molecular flexibility index (Phi) is 4.20. The van der Waals surface area contributed by atoms with Gasteiger partial charge in [-0.05, 0) is 59.2 Å². The van der Waals surface area contributed by atoms with Gasteiger partial charge in [-0.3, -0.25) is 4.90 Å². The molecule has 1 saturated heterocycles. The van der Waals surface area contributed by atoms with E-state index in [0.29, 0.717) is 5.92 Å². The average Bonchev–Trinajstić information content (AvgIpc) is 2.65. The van der Waals surface area contributed by atoms with Crippen molar-refractivity contribution in [2.24, 2.45) is 11.7 Å². The molecule has 0 amide bonds. The van der Waals surface area contributed by atoms with E-state index in [0.717, 1.165) is 13.1 Å². The predicted molar refractivity (Wildman–Crippen MR) is 69.1 cm³/mol. The highest BCUT2D eigenvalue weighted by Crippen LogP contribution is 2.26. The molecule has 2 nitrogen and oxygen atoms in total. The lowest BCUT2D eigenvalue weighted by molar-refractivity contribution is 0.172. The van der Waals surface area contributed by atoms with Gasteiger partial charge in [0.1, 0.15) is 0 Å². The molecular weight excluding hydrogens is 272 g/mol. The number of nitrogens with zero attached hydrogens (tertiary/aromatic N) is 1. The smallest absolute Gasteiger partial charge is 0.0339 e. The maximum Gasteiger partial charge on any atom is 0.0339 e. The van der Waals surface area contributed by atoms with Crippen LogP contribution in [-0.2, 0) is 6.54 Å². The zero-order chi connectivity index (χ0) is 10.7. The second kappa shape index (κ2) is 5.43. The van der Waals surface area contributed by atoms with Gasteiger partial charge in [0.25, 0.3) is 0 Å². The van der Waals surface area contributed by atoms with Crippen LogP contribution < -0.4 is 5.73 Å². The minimum Gasteiger partial charge on any atom is -0.330 e. The first-order valence-corrected chi connectivity index (χ1v) is 7.11. The van der Waals surface area contributed by atoms with Crippen LogP contribution >= 0.6 is 27.3 Å². The Morgan fingerprint density at radius 1 is 1.60 bits per heavy atom. The number of thiophene rings is 1. The zero-order valence-corrected chi connectivity index (χ0v) is 11.2. The van der Waals surface area contributed by atoms with Crippen molar-refractivity contribution in [3.63, 3.8) is 0 Å². The van der Waals surface area contributed by atoms with Gasteiger partial charge in [-0.15, -0.1) is 11.3 Å². The summed E-state index contributed by atoms with van der Waals surface area (Å²) in [7, 11) is 0. The Bertz CT molecular complexity index is 313. The number of piperidine rings is 1. The van der Waals surface area contributed by atoms with E-state index >= 15 is 0 Å². The van der Waals surface area contributed by atoms with Crippen molar-refractivity contribution in [3.8, 4) is 0 Å².